The highest BCUT2D eigenvalue weighted by Gasteiger charge is 2.10. The Balaban J connectivity index is 3.82. The normalized spacial score (nSPS) is 12.8. The zero-order chi connectivity index (χ0) is 10.8. The molecule has 0 heterocycles. The van der Waals surface area contributed by atoms with Gasteiger partial charge < -0.3 is 0 Å². The van der Waals surface area contributed by atoms with Gasteiger partial charge in [0.15, 0.2) is 0 Å². The van der Waals surface area contributed by atoms with Crippen molar-refractivity contribution in [1.29, 1.82) is 5.26 Å². The van der Waals surface area contributed by atoms with Crippen LogP contribution in [0.15, 0.2) is 0 Å². The standard InChI is InChI=1S/C12H24N2/c1-4-7-8-12(5-2)11-14(6-3)10-9-13/h12H,4-8,10-11H2,1-3H3. The minimum Gasteiger partial charge on any atom is -0.291 e. The minimum absolute atomic E-state index is 0.582. The molecule has 0 saturated carbocycles. The zero-order valence-corrected chi connectivity index (χ0v) is 9.92. The van der Waals surface area contributed by atoms with Crippen LogP contribution < -0.4 is 0 Å². The van der Waals surface area contributed by atoms with Gasteiger partial charge in [-0.15, -0.1) is 0 Å². The van der Waals surface area contributed by atoms with Crippen LogP contribution >= 0.6 is 0 Å². The molecule has 82 valence electrons. The van der Waals surface area contributed by atoms with Gasteiger partial charge in [-0.3, -0.25) is 4.90 Å². The van der Waals surface area contributed by atoms with E-state index in [1.165, 1.54) is 25.7 Å². The number of hydrogen-bond acceptors (Lipinski definition) is 2. The maximum Gasteiger partial charge on any atom is 0.0865 e. The van der Waals surface area contributed by atoms with Gasteiger partial charge >= 0.3 is 0 Å². The van der Waals surface area contributed by atoms with Gasteiger partial charge in [0, 0.05) is 6.54 Å². The zero-order valence-electron chi connectivity index (χ0n) is 9.92. The third-order valence-electron chi connectivity index (χ3n) is 2.80. The van der Waals surface area contributed by atoms with Crippen LogP contribution in [0, 0.1) is 17.2 Å². The van der Waals surface area contributed by atoms with Gasteiger partial charge in [-0.1, -0.05) is 40.0 Å². The van der Waals surface area contributed by atoms with E-state index in [-0.39, 0.29) is 0 Å². The van der Waals surface area contributed by atoms with Crippen LogP contribution in [0.25, 0.3) is 0 Å². The summed E-state index contributed by atoms with van der Waals surface area (Å²) in [6.07, 6.45) is 5.15. The van der Waals surface area contributed by atoms with Gasteiger partial charge in [-0.05, 0) is 18.9 Å². The number of unbranched alkanes of at least 4 members (excludes halogenated alkanes) is 1. The molecule has 2 nitrogen and oxygen atoms in total. The molecule has 0 bridgehead atoms. The van der Waals surface area contributed by atoms with Crippen LogP contribution in [0.2, 0.25) is 0 Å². The average Bonchev–Trinajstić information content (AvgIpc) is 2.22. The average molecular weight is 196 g/mol. The molecular weight excluding hydrogens is 172 g/mol. The molecule has 1 unspecified atom stereocenters. The van der Waals surface area contributed by atoms with E-state index >= 15 is 0 Å². The van der Waals surface area contributed by atoms with E-state index in [9.17, 15) is 0 Å². The Morgan fingerprint density at radius 3 is 2.43 bits per heavy atom. The topological polar surface area (TPSA) is 27.0 Å². The molecule has 2 heteroatoms. The number of nitriles is 1. The van der Waals surface area contributed by atoms with E-state index in [1.807, 2.05) is 0 Å². The fraction of sp³-hybridized carbons (Fsp3) is 0.917. The van der Waals surface area contributed by atoms with Crippen molar-refractivity contribution in [3.63, 3.8) is 0 Å². The largest absolute Gasteiger partial charge is 0.291 e. The minimum atomic E-state index is 0.582. The van der Waals surface area contributed by atoms with E-state index in [1.54, 1.807) is 0 Å². The van der Waals surface area contributed by atoms with Gasteiger partial charge in [0.25, 0.3) is 0 Å². The summed E-state index contributed by atoms with van der Waals surface area (Å²) in [5.74, 6) is 0.781. The molecule has 0 spiro atoms. The van der Waals surface area contributed by atoms with Crippen LogP contribution in [-0.4, -0.2) is 24.5 Å². The van der Waals surface area contributed by atoms with E-state index in [2.05, 4.69) is 31.7 Å². The molecule has 14 heavy (non-hydrogen) atoms. The third kappa shape index (κ3) is 5.99. The van der Waals surface area contributed by atoms with Crippen molar-refractivity contribution in [3.8, 4) is 6.07 Å². The molecule has 0 aromatic rings. The summed E-state index contributed by atoms with van der Waals surface area (Å²) in [5.41, 5.74) is 0. The molecule has 1 atom stereocenters. The van der Waals surface area contributed by atoms with Gasteiger partial charge in [-0.25, -0.2) is 0 Å². The molecule has 0 amide bonds. The van der Waals surface area contributed by atoms with E-state index < -0.39 is 0 Å². The molecule has 0 N–H and O–H groups in total. The Morgan fingerprint density at radius 1 is 1.29 bits per heavy atom. The molecule has 0 aliphatic rings. The van der Waals surface area contributed by atoms with Crippen LogP contribution in [0.4, 0.5) is 0 Å². The van der Waals surface area contributed by atoms with Crippen molar-refractivity contribution >= 4 is 0 Å². The van der Waals surface area contributed by atoms with Crippen molar-refractivity contribution in [2.45, 2.75) is 46.5 Å². The second-order valence-corrected chi connectivity index (χ2v) is 3.90. The molecule has 0 aliphatic carbocycles. The Bertz CT molecular complexity index is 160. The first-order valence-corrected chi connectivity index (χ1v) is 5.87. The summed E-state index contributed by atoms with van der Waals surface area (Å²) in [5, 5.41) is 8.64. The predicted molar refractivity (Wildman–Crippen MR) is 61.0 cm³/mol. The SMILES string of the molecule is CCCCC(CC)CN(CC)CC#N. The second kappa shape index (κ2) is 9.02. The molecule has 0 saturated heterocycles. The van der Waals surface area contributed by atoms with Crippen LogP contribution in [-0.2, 0) is 0 Å². The number of rotatable bonds is 8. The lowest BCUT2D eigenvalue weighted by Gasteiger charge is -2.23. The summed E-state index contributed by atoms with van der Waals surface area (Å²) in [6, 6.07) is 2.23. The van der Waals surface area contributed by atoms with Gasteiger partial charge in [0.05, 0.1) is 12.6 Å². The monoisotopic (exact) mass is 196 g/mol. The lowest BCUT2D eigenvalue weighted by molar-refractivity contribution is 0.250. The maximum absolute atomic E-state index is 8.64. The Kier molecular flexibility index (Phi) is 8.67. The first-order chi connectivity index (χ1) is 6.78. The van der Waals surface area contributed by atoms with Crippen molar-refractivity contribution < 1.29 is 0 Å². The highest BCUT2D eigenvalue weighted by atomic mass is 15.1. The molecule has 0 aliphatic heterocycles. The maximum atomic E-state index is 8.64. The Labute approximate surface area is 88.9 Å². The second-order valence-electron chi connectivity index (χ2n) is 3.90. The third-order valence-corrected chi connectivity index (χ3v) is 2.80. The lowest BCUT2D eigenvalue weighted by atomic mass is 9.99. The number of nitrogens with zero attached hydrogens (tertiary/aromatic N) is 2. The van der Waals surface area contributed by atoms with Gasteiger partial charge in [-0.2, -0.15) is 5.26 Å². The highest BCUT2D eigenvalue weighted by molar-refractivity contribution is 4.77. The summed E-state index contributed by atoms with van der Waals surface area (Å²) in [4.78, 5) is 2.24. The fourth-order valence-electron chi connectivity index (χ4n) is 1.69. The summed E-state index contributed by atoms with van der Waals surface area (Å²) >= 11 is 0. The van der Waals surface area contributed by atoms with Crippen molar-refractivity contribution in [2.75, 3.05) is 19.6 Å². The summed E-state index contributed by atoms with van der Waals surface area (Å²) in [6.45, 7) is 9.29. The van der Waals surface area contributed by atoms with E-state index in [0.29, 0.717) is 6.54 Å². The summed E-state index contributed by atoms with van der Waals surface area (Å²) in [7, 11) is 0. The Hall–Kier alpha value is -0.550. The lowest BCUT2D eigenvalue weighted by Crippen LogP contribution is -2.29. The fourth-order valence-corrected chi connectivity index (χ4v) is 1.69. The summed E-state index contributed by atoms with van der Waals surface area (Å²) < 4.78 is 0. The van der Waals surface area contributed by atoms with Crippen LogP contribution in [0.5, 0.6) is 0 Å². The highest BCUT2D eigenvalue weighted by Crippen LogP contribution is 2.13. The van der Waals surface area contributed by atoms with E-state index in [0.717, 1.165) is 19.0 Å². The molecule has 0 rings (SSSR count). The first-order valence-electron chi connectivity index (χ1n) is 5.87. The van der Waals surface area contributed by atoms with Crippen LogP contribution in [0.3, 0.4) is 0 Å². The molecule has 0 radical (unpaired) electrons. The molecular formula is C12H24N2. The Morgan fingerprint density at radius 2 is 2.00 bits per heavy atom. The first kappa shape index (κ1) is 13.4. The predicted octanol–water partition coefficient (Wildman–Crippen LogP) is 3.05. The van der Waals surface area contributed by atoms with E-state index in [4.69, 9.17) is 5.26 Å². The molecule has 0 fully saturated rings. The van der Waals surface area contributed by atoms with Gasteiger partial charge in [0.2, 0.25) is 0 Å². The van der Waals surface area contributed by atoms with Crippen molar-refractivity contribution in [3.05, 3.63) is 0 Å². The van der Waals surface area contributed by atoms with Gasteiger partial charge in [0.1, 0.15) is 0 Å². The molecule has 0 aromatic heterocycles. The van der Waals surface area contributed by atoms with Crippen molar-refractivity contribution in [2.24, 2.45) is 5.92 Å². The number of hydrogen-bond donors (Lipinski definition) is 0. The molecule has 0 aromatic carbocycles. The van der Waals surface area contributed by atoms with Crippen molar-refractivity contribution in [1.82, 2.24) is 4.90 Å². The smallest absolute Gasteiger partial charge is 0.0865 e. The quantitative estimate of drug-likeness (QED) is 0.558. The van der Waals surface area contributed by atoms with Crippen LogP contribution in [0.1, 0.15) is 46.5 Å².